The molecule has 0 radical (unpaired) electrons. The third-order valence-corrected chi connectivity index (χ3v) is 11.9. The average molecular weight is 765 g/mol. The molecule has 0 spiro atoms. The van der Waals surface area contributed by atoms with Crippen LogP contribution in [0.1, 0.15) is 0 Å². The Bertz CT molecular complexity index is 3530. The van der Waals surface area contributed by atoms with Crippen molar-refractivity contribution in [2.45, 2.75) is 0 Å². The van der Waals surface area contributed by atoms with Gasteiger partial charge in [0.1, 0.15) is 0 Å². The van der Waals surface area contributed by atoms with Crippen molar-refractivity contribution in [3.63, 3.8) is 0 Å². The molecule has 0 bridgehead atoms. The van der Waals surface area contributed by atoms with Crippen LogP contribution in [0.4, 0.5) is 0 Å². The van der Waals surface area contributed by atoms with Crippen molar-refractivity contribution in [2.75, 3.05) is 0 Å². The van der Waals surface area contributed by atoms with Crippen LogP contribution < -0.4 is 0 Å². The van der Waals surface area contributed by atoms with Gasteiger partial charge in [0, 0.05) is 49.6 Å². The summed E-state index contributed by atoms with van der Waals surface area (Å²) in [6, 6.07) is 78.1. The molecular formula is C56H36N4. The number of hydrogen-bond acceptors (Lipinski definition) is 2. The van der Waals surface area contributed by atoms with Crippen LogP contribution in [0.25, 0.3) is 111 Å². The first-order valence-electron chi connectivity index (χ1n) is 20.4. The van der Waals surface area contributed by atoms with E-state index < -0.39 is 0 Å². The summed E-state index contributed by atoms with van der Waals surface area (Å²) in [6.45, 7) is 0. The van der Waals surface area contributed by atoms with E-state index in [0.717, 1.165) is 39.2 Å². The highest BCUT2D eigenvalue weighted by atomic mass is 15.0. The van der Waals surface area contributed by atoms with Gasteiger partial charge in [0.05, 0.1) is 33.5 Å². The SMILES string of the molecule is c1ccc(-c2cc(-c3ccc4cc(-n5c6ccccc6c6cc(-c7ccc8c(c7)c7ccccc7n8-c7ccccc7)ccc65)ccc4c3)nc(-c3ccccc3)n2)cc1. The molecule has 0 aliphatic carbocycles. The fourth-order valence-electron chi connectivity index (χ4n) is 9.04. The van der Waals surface area contributed by atoms with E-state index in [2.05, 4.69) is 203 Å². The summed E-state index contributed by atoms with van der Waals surface area (Å²) in [4.78, 5) is 10.1. The number of aromatic nitrogens is 4. The Morgan fingerprint density at radius 1 is 0.267 bits per heavy atom. The van der Waals surface area contributed by atoms with E-state index in [1.807, 2.05) is 24.3 Å². The average Bonchev–Trinajstić information content (AvgIpc) is 3.84. The lowest BCUT2D eigenvalue weighted by Crippen LogP contribution is -1.96. The Morgan fingerprint density at radius 2 is 0.733 bits per heavy atom. The number of rotatable bonds is 6. The third-order valence-electron chi connectivity index (χ3n) is 11.9. The van der Waals surface area contributed by atoms with E-state index in [1.54, 1.807) is 0 Å². The van der Waals surface area contributed by atoms with Crippen LogP contribution in [0.2, 0.25) is 0 Å². The highest BCUT2D eigenvalue weighted by Crippen LogP contribution is 2.39. The van der Waals surface area contributed by atoms with Crippen molar-refractivity contribution in [3.05, 3.63) is 218 Å². The van der Waals surface area contributed by atoms with Crippen molar-refractivity contribution < 1.29 is 0 Å². The van der Waals surface area contributed by atoms with Crippen LogP contribution in [0, 0.1) is 0 Å². The second kappa shape index (κ2) is 13.8. The molecule has 0 saturated heterocycles. The Labute approximate surface area is 346 Å². The molecule has 0 atom stereocenters. The minimum absolute atomic E-state index is 0.716. The summed E-state index contributed by atoms with van der Waals surface area (Å²) in [5.41, 5.74) is 14.4. The Morgan fingerprint density at radius 3 is 1.37 bits per heavy atom. The smallest absolute Gasteiger partial charge is 0.160 e. The molecule has 0 saturated carbocycles. The lowest BCUT2D eigenvalue weighted by atomic mass is 10.0. The Balaban J connectivity index is 0.948. The van der Waals surface area contributed by atoms with Crippen LogP contribution >= 0.6 is 0 Å². The molecular weight excluding hydrogens is 729 g/mol. The summed E-state index contributed by atoms with van der Waals surface area (Å²) in [7, 11) is 0. The monoisotopic (exact) mass is 764 g/mol. The maximum atomic E-state index is 5.09. The molecule has 3 aromatic heterocycles. The zero-order chi connectivity index (χ0) is 39.6. The molecule has 0 aliphatic heterocycles. The fourth-order valence-corrected chi connectivity index (χ4v) is 9.04. The molecule has 12 aromatic rings. The number of hydrogen-bond donors (Lipinski definition) is 0. The normalized spacial score (nSPS) is 11.7. The van der Waals surface area contributed by atoms with Crippen molar-refractivity contribution in [3.8, 4) is 56.4 Å². The van der Waals surface area contributed by atoms with Gasteiger partial charge in [0.25, 0.3) is 0 Å². The van der Waals surface area contributed by atoms with Crippen LogP contribution in [-0.2, 0) is 0 Å². The van der Waals surface area contributed by atoms with E-state index in [1.165, 1.54) is 65.8 Å². The zero-order valence-corrected chi connectivity index (χ0v) is 32.6. The van der Waals surface area contributed by atoms with Gasteiger partial charge in [0.2, 0.25) is 0 Å². The first-order valence-corrected chi connectivity index (χ1v) is 20.4. The number of nitrogens with zero attached hydrogens (tertiary/aromatic N) is 4. The van der Waals surface area contributed by atoms with Gasteiger partial charge in [-0.2, -0.15) is 0 Å². The second-order valence-corrected chi connectivity index (χ2v) is 15.4. The van der Waals surface area contributed by atoms with Gasteiger partial charge in [-0.1, -0.05) is 146 Å². The molecule has 4 nitrogen and oxygen atoms in total. The molecule has 0 fully saturated rings. The standard InChI is InChI=1S/C56H36N4/c1-4-14-37(15-5-1)50-36-51(58-56(57-50)38-16-6-2-7-17-38)43-25-24-40-33-45(29-26-39(40)32-43)60-53-23-13-11-21-47(53)49-35-42(28-31-55(49)60)41-27-30-54-48(34-41)46-20-10-12-22-52(46)59(54)44-18-8-3-9-19-44/h1-36H. The van der Waals surface area contributed by atoms with E-state index in [4.69, 9.17) is 9.97 Å². The summed E-state index contributed by atoms with van der Waals surface area (Å²) < 4.78 is 4.77. The molecule has 0 amide bonds. The lowest BCUT2D eigenvalue weighted by Gasteiger charge is -2.12. The molecule has 9 aromatic carbocycles. The van der Waals surface area contributed by atoms with Crippen molar-refractivity contribution in [2.24, 2.45) is 0 Å². The summed E-state index contributed by atoms with van der Waals surface area (Å²) >= 11 is 0. The molecule has 4 heteroatoms. The Hall–Kier alpha value is -8.08. The molecule has 12 rings (SSSR count). The zero-order valence-electron chi connectivity index (χ0n) is 32.6. The van der Waals surface area contributed by atoms with E-state index >= 15 is 0 Å². The van der Waals surface area contributed by atoms with Gasteiger partial charge >= 0.3 is 0 Å². The highest BCUT2D eigenvalue weighted by Gasteiger charge is 2.17. The van der Waals surface area contributed by atoms with Gasteiger partial charge in [0.15, 0.2) is 5.82 Å². The van der Waals surface area contributed by atoms with Gasteiger partial charge in [-0.05, 0) is 94.7 Å². The van der Waals surface area contributed by atoms with Gasteiger partial charge in [-0.15, -0.1) is 0 Å². The number of para-hydroxylation sites is 3. The van der Waals surface area contributed by atoms with Crippen LogP contribution in [-0.4, -0.2) is 19.1 Å². The predicted molar refractivity (Wildman–Crippen MR) is 250 cm³/mol. The van der Waals surface area contributed by atoms with Crippen LogP contribution in [0.5, 0.6) is 0 Å². The minimum atomic E-state index is 0.716. The van der Waals surface area contributed by atoms with E-state index in [-0.39, 0.29) is 0 Å². The van der Waals surface area contributed by atoms with Crippen LogP contribution in [0.15, 0.2) is 218 Å². The van der Waals surface area contributed by atoms with Gasteiger partial charge < -0.3 is 9.13 Å². The summed E-state index contributed by atoms with van der Waals surface area (Å²) in [5.74, 6) is 0.716. The summed E-state index contributed by atoms with van der Waals surface area (Å²) in [5, 5.41) is 7.30. The maximum absolute atomic E-state index is 5.09. The van der Waals surface area contributed by atoms with E-state index in [9.17, 15) is 0 Å². The van der Waals surface area contributed by atoms with Crippen LogP contribution in [0.3, 0.4) is 0 Å². The number of benzene rings is 9. The minimum Gasteiger partial charge on any atom is -0.309 e. The first-order chi connectivity index (χ1) is 29.7. The lowest BCUT2D eigenvalue weighted by molar-refractivity contribution is 1.18. The van der Waals surface area contributed by atoms with Gasteiger partial charge in [-0.3, -0.25) is 0 Å². The molecule has 60 heavy (non-hydrogen) atoms. The Kier molecular flexibility index (Phi) is 7.82. The summed E-state index contributed by atoms with van der Waals surface area (Å²) in [6.07, 6.45) is 0. The quantitative estimate of drug-likeness (QED) is 0.169. The van der Waals surface area contributed by atoms with E-state index in [0.29, 0.717) is 5.82 Å². The molecule has 0 aliphatic rings. The largest absolute Gasteiger partial charge is 0.309 e. The topological polar surface area (TPSA) is 35.6 Å². The third kappa shape index (κ3) is 5.61. The fraction of sp³-hybridized carbons (Fsp3) is 0. The predicted octanol–water partition coefficient (Wildman–Crippen LogP) is 14.5. The first kappa shape index (κ1) is 34.0. The molecule has 0 N–H and O–H groups in total. The van der Waals surface area contributed by atoms with Gasteiger partial charge in [-0.25, -0.2) is 9.97 Å². The number of fused-ring (bicyclic) bond motifs is 7. The maximum Gasteiger partial charge on any atom is 0.160 e. The van der Waals surface area contributed by atoms with Crippen molar-refractivity contribution >= 4 is 54.4 Å². The highest BCUT2D eigenvalue weighted by molar-refractivity contribution is 6.13. The molecule has 0 unspecified atom stereocenters. The van der Waals surface area contributed by atoms with Crippen molar-refractivity contribution in [1.82, 2.24) is 19.1 Å². The van der Waals surface area contributed by atoms with Crippen molar-refractivity contribution in [1.29, 1.82) is 0 Å². The molecule has 280 valence electrons. The second-order valence-electron chi connectivity index (χ2n) is 15.4. The molecule has 3 heterocycles.